The Kier molecular flexibility index (Phi) is 7.19. The lowest BCUT2D eigenvalue weighted by molar-refractivity contribution is -0.121. The molecule has 1 aromatic rings. The molecule has 2 N–H and O–H groups in total. The third kappa shape index (κ3) is 6.97. The van der Waals surface area contributed by atoms with Crippen LogP contribution in [0, 0.1) is 5.92 Å². The van der Waals surface area contributed by atoms with Crippen LogP contribution in [0.1, 0.15) is 45.2 Å². The van der Waals surface area contributed by atoms with Crippen LogP contribution < -0.4 is 10.6 Å². The molecule has 1 unspecified atom stereocenters. The molecule has 3 heteroatoms. The van der Waals surface area contributed by atoms with Crippen LogP contribution in [0.4, 0.5) is 0 Å². The molecular weight excluding hydrogens is 236 g/mol. The van der Waals surface area contributed by atoms with Crippen LogP contribution in [-0.2, 0) is 4.79 Å². The molecule has 1 rings (SSSR count). The van der Waals surface area contributed by atoms with Gasteiger partial charge in [-0.05, 0) is 24.8 Å². The highest BCUT2D eigenvalue weighted by atomic mass is 16.1. The fourth-order valence-electron chi connectivity index (χ4n) is 1.85. The van der Waals surface area contributed by atoms with Crippen LogP contribution >= 0.6 is 0 Å². The van der Waals surface area contributed by atoms with Gasteiger partial charge in [-0.3, -0.25) is 4.79 Å². The number of benzene rings is 1. The molecule has 0 radical (unpaired) electrons. The lowest BCUT2D eigenvalue weighted by Gasteiger charge is -2.14. The quantitative estimate of drug-likeness (QED) is 0.756. The summed E-state index contributed by atoms with van der Waals surface area (Å²) in [6, 6.07) is 10.6. The third-order valence-electron chi connectivity index (χ3n) is 3.15. The van der Waals surface area contributed by atoms with Gasteiger partial charge in [-0.1, -0.05) is 44.2 Å². The van der Waals surface area contributed by atoms with E-state index >= 15 is 0 Å². The number of nitrogens with one attached hydrogen (secondary N) is 2. The molecule has 1 atom stereocenters. The number of hydrogen-bond acceptors (Lipinski definition) is 2. The third-order valence-corrected chi connectivity index (χ3v) is 3.15. The Morgan fingerprint density at radius 3 is 2.42 bits per heavy atom. The summed E-state index contributed by atoms with van der Waals surface area (Å²) in [6.45, 7) is 7.94. The van der Waals surface area contributed by atoms with Crippen molar-refractivity contribution in [3.63, 3.8) is 0 Å². The van der Waals surface area contributed by atoms with Gasteiger partial charge in [0.15, 0.2) is 0 Å². The van der Waals surface area contributed by atoms with Crippen molar-refractivity contribution >= 4 is 5.91 Å². The standard InChI is InChI=1S/C16H26N2O/c1-13(2)9-11-18-16(19)10-12-17-14(3)15-7-5-4-6-8-15/h4-8,13-14,17H,9-12H2,1-3H3,(H,18,19). The monoisotopic (exact) mass is 262 g/mol. The lowest BCUT2D eigenvalue weighted by Crippen LogP contribution is -2.29. The summed E-state index contributed by atoms with van der Waals surface area (Å²) < 4.78 is 0. The van der Waals surface area contributed by atoms with E-state index in [4.69, 9.17) is 0 Å². The summed E-state index contributed by atoms with van der Waals surface area (Å²) in [4.78, 5) is 11.6. The van der Waals surface area contributed by atoms with E-state index in [2.05, 4.69) is 43.5 Å². The van der Waals surface area contributed by atoms with Gasteiger partial charge in [0.2, 0.25) is 5.91 Å². The molecule has 0 aliphatic rings. The van der Waals surface area contributed by atoms with Crippen molar-refractivity contribution in [1.29, 1.82) is 0 Å². The van der Waals surface area contributed by atoms with E-state index in [0.29, 0.717) is 18.9 Å². The molecule has 0 spiro atoms. The summed E-state index contributed by atoms with van der Waals surface area (Å²) in [5.41, 5.74) is 1.25. The normalized spacial score (nSPS) is 12.4. The Bertz CT molecular complexity index is 362. The Balaban J connectivity index is 2.14. The minimum Gasteiger partial charge on any atom is -0.356 e. The molecule has 0 heterocycles. The number of carbonyl (C=O) groups excluding carboxylic acids is 1. The Morgan fingerprint density at radius 2 is 1.79 bits per heavy atom. The smallest absolute Gasteiger partial charge is 0.221 e. The molecule has 0 saturated carbocycles. The summed E-state index contributed by atoms with van der Waals surface area (Å²) in [5, 5.41) is 6.32. The molecule has 1 aromatic carbocycles. The van der Waals surface area contributed by atoms with E-state index < -0.39 is 0 Å². The highest BCUT2D eigenvalue weighted by molar-refractivity contribution is 5.76. The first kappa shape index (κ1) is 15.7. The van der Waals surface area contributed by atoms with Crippen LogP contribution in [0.5, 0.6) is 0 Å². The van der Waals surface area contributed by atoms with E-state index in [1.165, 1.54) is 5.56 Å². The lowest BCUT2D eigenvalue weighted by atomic mass is 10.1. The second-order valence-electron chi connectivity index (χ2n) is 5.37. The maximum absolute atomic E-state index is 11.6. The second-order valence-corrected chi connectivity index (χ2v) is 5.37. The minimum absolute atomic E-state index is 0.133. The summed E-state index contributed by atoms with van der Waals surface area (Å²) in [7, 11) is 0. The molecule has 0 aliphatic carbocycles. The van der Waals surface area contributed by atoms with Crippen molar-refractivity contribution in [1.82, 2.24) is 10.6 Å². The largest absolute Gasteiger partial charge is 0.356 e. The van der Waals surface area contributed by atoms with Crippen molar-refractivity contribution in [2.45, 2.75) is 39.7 Å². The topological polar surface area (TPSA) is 41.1 Å². The van der Waals surface area contributed by atoms with E-state index in [0.717, 1.165) is 13.0 Å². The molecule has 106 valence electrons. The highest BCUT2D eigenvalue weighted by Gasteiger charge is 2.05. The zero-order valence-corrected chi connectivity index (χ0v) is 12.3. The fraction of sp³-hybridized carbons (Fsp3) is 0.562. The van der Waals surface area contributed by atoms with Gasteiger partial charge in [-0.15, -0.1) is 0 Å². The molecular formula is C16H26N2O. The van der Waals surface area contributed by atoms with E-state index in [-0.39, 0.29) is 11.9 Å². The van der Waals surface area contributed by atoms with Gasteiger partial charge in [0.05, 0.1) is 0 Å². The SMILES string of the molecule is CC(C)CCNC(=O)CCNC(C)c1ccccc1. The van der Waals surface area contributed by atoms with E-state index in [1.54, 1.807) is 0 Å². The number of rotatable bonds is 8. The Labute approximate surface area is 116 Å². The zero-order valence-electron chi connectivity index (χ0n) is 12.3. The molecule has 0 fully saturated rings. The van der Waals surface area contributed by atoms with Gasteiger partial charge in [0.25, 0.3) is 0 Å². The van der Waals surface area contributed by atoms with Gasteiger partial charge in [-0.2, -0.15) is 0 Å². The molecule has 1 amide bonds. The predicted molar refractivity (Wildman–Crippen MR) is 79.9 cm³/mol. The average molecular weight is 262 g/mol. The van der Waals surface area contributed by atoms with Crippen molar-refractivity contribution in [2.24, 2.45) is 5.92 Å². The molecule has 0 saturated heterocycles. The zero-order chi connectivity index (χ0) is 14.1. The summed E-state index contributed by atoms with van der Waals surface area (Å²) >= 11 is 0. The first-order valence-corrected chi connectivity index (χ1v) is 7.14. The minimum atomic E-state index is 0.133. The molecule has 0 aromatic heterocycles. The Morgan fingerprint density at radius 1 is 1.11 bits per heavy atom. The molecule has 0 bridgehead atoms. The average Bonchev–Trinajstić information content (AvgIpc) is 2.39. The number of carbonyl (C=O) groups is 1. The van der Waals surface area contributed by atoms with Crippen LogP contribution in [0.15, 0.2) is 30.3 Å². The number of hydrogen-bond donors (Lipinski definition) is 2. The maximum Gasteiger partial charge on any atom is 0.221 e. The van der Waals surface area contributed by atoms with Crippen molar-refractivity contribution < 1.29 is 4.79 Å². The van der Waals surface area contributed by atoms with Crippen molar-refractivity contribution in [2.75, 3.05) is 13.1 Å². The van der Waals surface area contributed by atoms with Crippen LogP contribution in [0.3, 0.4) is 0 Å². The maximum atomic E-state index is 11.6. The molecule has 19 heavy (non-hydrogen) atoms. The van der Waals surface area contributed by atoms with Gasteiger partial charge in [-0.25, -0.2) is 0 Å². The predicted octanol–water partition coefficient (Wildman–Crippen LogP) is 2.89. The van der Waals surface area contributed by atoms with E-state index in [9.17, 15) is 4.79 Å². The fourth-order valence-corrected chi connectivity index (χ4v) is 1.85. The van der Waals surface area contributed by atoms with Crippen LogP contribution in [0.25, 0.3) is 0 Å². The molecule has 0 aliphatic heterocycles. The van der Waals surface area contributed by atoms with Gasteiger partial charge < -0.3 is 10.6 Å². The summed E-state index contributed by atoms with van der Waals surface area (Å²) in [5.74, 6) is 0.768. The van der Waals surface area contributed by atoms with Crippen molar-refractivity contribution in [3.8, 4) is 0 Å². The van der Waals surface area contributed by atoms with Gasteiger partial charge in [0.1, 0.15) is 0 Å². The Hall–Kier alpha value is -1.35. The number of amides is 1. The van der Waals surface area contributed by atoms with E-state index in [1.807, 2.05) is 18.2 Å². The first-order valence-electron chi connectivity index (χ1n) is 7.14. The van der Waals surface area contributed by atoms with Crippen molar-refractivity contribution in [3.05, 3.63) is 35.9 Å². The molecule has 3 nitrogen and oxygen atoms in total. The summed E-state index contributed by atoms with van der Waals surface area (Å²) in [6.07, 6.45) is 1.58. The second kappa shape index (κ2) is 8.70. The van der Waals surface area contributed by atoms with Gasteiger partial charge in [0, 0.05) is 25.6 Å². The van der Waals surface area contributed by atoms with Gasteiger partial charge >= 0.3 is 0 Å². The highest BCUT2D eigenvalue weighted by Crippen LogP contribution is 2.10. The first-order chi connectivity index (χ1) is 9.09. The van der Waals surface area contributed by atoms with Crippen LogP contribution in [0.2, 0.25) is 0 Å². The van der Waals surface area contributed by atoms with Crippen LogP contribution in [-0.4, -0.2) is 19.0 Å².